The maximum atomic E-state index is 11.9. The first kappa shape index (κ1) is 17.2. The van der Waals surface area contributed by atoms with Gasteiger partial charge in [-0.05, 0) is 19.4 Å². The van der Waals surface area contributed by atoms with Crippen LogP contribution in [0.4, 0.5) is 4.79 Å². The van der Waals surface area contributed by atoms with Gasteiger partial charge in [0.05, 0.1) is 13.2 Å². The zero-order chi connectivity index (χ0) is 16.5. The summed E-state index contributed by atoms with van der Waals surface area (Å²) in [6.07, 6.45) is 3.74. The van der Waals surface area contributed by atoms with E-state index >= 15 is 0 Å². The van der Waals surface area contributed by atoms with Gasteiger partial charge in [-0.15, -0.1) is 11.3 Å². The number of rotatable bonds is 8. The van der Waals surface area contributed by atoms with Crippen molar-refractivity contribution in [2.75, 3.05) is 6.61 Å². The molecule has 2 aromatic rings. The molecule has 0 aromatic carbocycles. The second-order valence-electron chi connectivity index (χ2n) is 5.09. The average molecular weight is 334 g/mol. The van der Waals surface area contributed by atoms with Gasteiger partial charge < -0.3 is 15.4 Å². The third kappa shape index (κ3) is 5.86. The molecule has 0 unspecified atom stereocenters. The van der Waals surface area contributed by atoms with E-state index in [2.05, 4.69) is 27.5 Å². The fourth-order valence-electron chi connectivity index (χ4n) is 1.88. The minimum absolute atomic E-state index is 0.235. The first-order chi connectivity index (χ1) is 11.2. The van der Waals surface area contributed by atoms with Gasteiger partial charge in [0.2, 0.25) is 5.88 Å². The molecule has 2 amide bonds. The number of amides is 2. The van der Waals surface area contributed by atoms with E-state index in [1.807, 2.05) is 24.4 Å². The Labute approximate surface area is 140 Å². The number of carbonyl (C=O) groups excluding carboxylic acids is 1. The predicted octanol–water partition coefficient (Wildman–Crippen LogP) is 3.02. The van der Waals surface area contributed by atoms with Crippen molar-refractivity contribution in [1.29, 1.82) is 0 Å². The van der Waals surface area contributed by atoms with Crippen LogP contribution in [0.25, 0.3) is 0 Å². The maximum absolute atomic E-state index is 11.9. The second-order valence-corrected chi connectivity index (χ2v) is 6.03. The molecule has 0 saturated heterocycles. The molecule has 124 valence electrons. The Morgan fingerprint density at radius 2 is 2.17 bits per heavy atom. The summed E-state index contributed by atoms with van der Waals surface area (Å²) in [5.41, 5.74) is 1.83. The molecule has 0 aliphatic carbocycles. The van der Waals surface area contributed by atoms with Crippen molar-refractivity contribution in [3.05, 3.63) is 40.0 Å². The second kappa shape index (κ2) is 9.09. The van der Waals surface area contributed by atoms with Gasteiger partial charge in [-0.3, -0.25) is 0 Å². The molecule has 0 aliphatic rings. The van der Waals surface area contributed by atoms with Crippen LogP contribution >= 0.6 is 11.3 Å². The van der Waals surface area contributed by atoms with Gasteiger partial charge in [0.15, 0.2) is 0 Å². The Balaban J connectivity index is 1.79. The lowest BCUT2D eigenvalue weighted by atomic mass is 10.2. The molecule has 0 aliphatic heterocycles. The van der Waals surface area contributed by atoms with Crippen LogP contribution in [0.1, 0.15) is 36.0 Å². The minimum Gasteiger partial charge on any atom is -0.477 e. The van der Waals surface area contributed by atoms with Gasteiger partial charge in [0, 0.05) is 29.4 Å². The van der Waals surface area contributed by atoms with Crippen LogP contribution in [0.3, 0.4) is 0 Å². The lowest BCUT2D eigenvalue weighted by Gasteiger charge is -2.11. The van der Waals surface area contributed by atoms with Crippen LogP contribution in [-0.4, -0.2) is 22.6 Å². The number of thiazole rings is 1. The highest BCUT2D eigenvalue weighted by Gasteiger charge is 2.07. The topological polar surface area (TPSA) is 76.1 Å². The van der Waals surface area contributed by atoms with Crippen LogP contribution < -0.4 is 15.4 Å². The van der Waals surface area contributed by atoms with Gasteiger partial charge in [-0.1, -0.05) is 19.4 Å². The molecular formula is C16H22N4O2S. The third-order valence-electron chi connectivity index (χ3n) is 3.09. The number of carbonyl (C=O) groups is 1. The summed E-state index contributed by atoms with van der Waals surface area (Å²) in [5.74, 6) is 0.580. The van der Waals surface area contributed by atoms with E-state index in [-0.39, 0.29) is 6.03 Å². The van der Waals surface area contributed by atoms with Crippen LogP contribution in [0, 0.1) is 6.92 Å². The SMILES string of the molecule is CCCCOc1ncccc1CNC(=O)NCc1nc(C)cs1. The smallest absolute Gasteiger partial charge is 0.315 e. The standard InChI is InChI=1S/C16H22N4O2S/c1-3-4-8-22-15-13(6-5-7-17-15)9-18-16(21)19-10-14-20-12(2)11-23-14/h5-7,11H,3-4,8-10H2,1-2H3,(H2,18,19,21). The Kier molecular flexibility index (Phi) is 6.80. The quantitative estimate of drug-likeness (QED) is 0.728. The van der Waals surface area contributed by atoms with Crippen LogP contribution in [0.15, 0.2) is 23.7 Å². The molecule has 0 radical (unpaired) electrons. The first-order valence-electron chi connectivity index (χ1n) is 7.68. The average Bonchev–Trinajstić information content (AvgIpc) is 2.98. The summed E-state index contributed by atoms with van der Waals surface area (Å²) in [7, 11) is 0. The molecule has 7 heteroatoms. The summed E-state index contributed by atoms with van der Waals surface area (Å²) in [6.45, 7) is 5.48. The summed E-state index contributed by atoms with van der Waals surface area (Å²) in [6, 6.07) is 3.50. The lowest BCUT2D eigenvalue weighted by molar-refractivity contribution is 0.239. The van der Waals surface area contributed by atoms with Crippen molar-refractivity contribution in [2.24, 2.45) is 0 Å². The molecule has 2 rings (SSSR count). The number of hydrogen-bond acceptors (Lipinski definition) is 5. The van der Waals surface area contributed by atoms with E-state index in [0.29, 0.717) is 25.6 Å². The van der Waals surface area contributed by atoms with E-state index in [1.54, 1.807) is 6.20 Å². The molecule has 2 aromatic heterocycles. The van der Waals surface area contributed by atoms with Crippen molar-refractivity contribution >= 4 is 17.4 Å². The van der Waals surface area contributed by atoms with Crippen molar-refractivity contribution in [3.8, 4) is 5.88 Å². The highest BCUT2D eigenvalue weighted by molar-refractivity contribution is 7.09. The van der Waals surface area contributed by atoms with Gasteiger partial charge in [-0.2, -0.15) is 0 Å². The van der Waals surface area contributed by atoms with Crippen LogP contribution in [0.2, 0.25) is 0 Å². The molecule has 2 heterocycles. The number of aryl methyl sites for hydroxylation is 1. The number of nitrogens with one attached hydrogen (secondary N) is 2. The highest BCUT2D eigenvalue weighted by Crippen LogP contribution is 2.14. The van der Waals surface area contributed by atoms with E-state index in [4.69, 9.17) is 4.74 Å². The Morgan fingerprint density at radius 3 is 2.91 bits per heavy atom. The normalized spacial score (nSPS) is 10.3. The molecule has 0 spiro atoms. The summed E-state index contributed by atoms with van der Waals surface area (Å²) < 4.78 is 5.65. The molecule has 0 fully saturated rings. The molecule has 2 N–H and O–H groups in total. The third-order valence-corrected chi connectivity index (χ3v) is 4.06. The monoisotopic (exact) mass is 334 g/mol. The number of nitrogens with zero attached hydrogens (tertiary/aromatic N) is 2. The van der Waals surface area contributed by atoms with Crippen LogP contribution in [0.5, 0.6) is 5.88 Å². The molecule has 0 atom stereocenters. The summed E-state index contributed by atoms with van der Waals surface area (Å²) in [4.78, 5) is 20.4. The first-order valence-corrected chi connectivity index (χ1v) is 8.56. The zero-order valence-electron chi connectivity index (χ0n) is 13.5. The summed E-state index contributed by atoms with van der Waals surface area (Å²) >= 11 is 1.54. The molecule has 0 bridgehead atoms. The zero-order valence-corrected chi connectivity index (χ0v) is 14.3. The maximum Gasteiger partial charge on any atom is 0.315 e. The number of aromatic nitrogens is 2. The minimum atomic E-state index is -0.235. The predicted molar refractivity (Wildman–Crippen MR) is 90.6 cm³/mol. The Hall–Kier alpha value is -2.15. The summed E-state index contributed by atoms with van der Waals surface area (Å²) in [5, 5.41) is 8.46. The van der Waals surface area contributed by atoms with Gasteiger partial charge in [-0.25, -0.2) is 14.8 Å². The molecule has 23 heavy (non-hydrogen) atoms. The highest BCUT2D eigenvalue weighted by atomic mass is 32.1. The Morgan fingerprint density at radius 1 is 1.35 bits per heavy atom. The van der Waals surface area contributed by atoms with Gasteiger partial charge in [0.25, 0.3) is 0 Å². The van der Waals surface area contributed by atoms with E-state index in [1.165, 1.54) is 11.3 Å². The fourth-order valence-corrected chi connectivity index (χ4v) is 2.59. The van der Waals surface area contributed by atoms with Crippen molar-refractivity contribution in [1.82, 2.24) is 20.6 Å². The van der Waals surface area contributed by atoms with Gasteiger partial charge in [0.1, 0.15) is 5.01 Å². The number of ether oxygens (including phenoxy) is 1. The van der Waals surface area contributed by atoms with Crippen LogP contribution in [-0.2, 0) is 13.1 Å². The Bertz CT molecular complexity index is 630. The van der Waals surface area contributed by atoms with Crippen molar-refractivity contribution < 1.29 is 9.53 Å². The van der Waals surface area contributed by atoms with E-state index < -0.39 is 0 Å². The number of urea groups is 1. The van der Waals surface area contributed by atoms with Gasteiger partial charge >= 0.3 is 6.03 Å². The molecule has 0 saturated carbocycles. The van der Waals surface area contributed by atoms with E-state index in [0.717, 1.165) is 29.1 Å². The molecule has 6 nitrogen and oxygen atoms in total. The fraction of sp³-hybridized carbons (Fsp3) is 0.438. The van der Waals surface area contributed by atoms with Crippen molar-refractivity contribution in [3.63, 3.8) is 0 Å². The van der Waals surface area contributed by atoms with Crippen molar-refractivity contribution in [2.45, 2.75) is 39.8 Å². The number of unbranched alkanes of at least 4 members (excludes halogenated alkanes) is 1. The lowest BCUT2D eigenvalue weighted by Crippen LogP contribution is -2.34. The number of hydrogen-bond donors (Lipinski definition) is 2. The number of pyridine rings is 1. The molecular weight excluding hydrogens is 312 g/mol. The largest absolute Gasteiger partial charge is 0.477 e. The van der Waals surface area contributed by atoms with E-state index in [9.17, 15) is 4.79 Å².